The lowest BCUT2D eigenvalue weighted by Crippen LogP contribution is -1.91. The molecule has 0 fully saturated rings. The molecule has 49 heavy (non-hydrogen) atoms. The van der Waals surface area contributed by atoms with Gasteiger partial charge in [-0.2, -0.15) is 0 Å². The number of benzene rings is 9. The summed E-state index contributed by atoms with van der Waals surface area (Å²) in [6.45, 7) is 0. The molecule has 0 radical (unpaired) electrons. The summed E-state index contributed by atoms with van der Waals surface area (Å²) in [6.07, 6.45) is 0. The monoisotopic (exact) mass is 641 g/mol. The van der Waals surface area contributed by atoms with Gasteiger partial charge < -0.3 is 4.42 Å². The summed E-state index contributed by atoms with van der Waals surface area (Å²) >= 11 is 0. The van der Waals surface area contributed by atoms with Gasteiger partial charge in [0.2, 0.25) is 0 Å². The van der Waals surface area contributed by atoms with Crippen LogP contribution in [0.5, 0.6) is 0 Å². The van der Waals surface area contributed by atoms with Crippen molar-refractivity contribution in [2.75, 3.05) is 0 Å². The number of rotatable bonds is 4. The molecule has 0 spiro atoms. The molecule has 0 amide bonds. The zero-order valence-corrected chi connectivity index (χ0v) is 25.3. The third-order valence-electron chi connectivity index (χ3n) is 8.70. The molecule has 0 unspecified atom stereocenters. The first kappa shape index (κ1) is 14.8. The van der Waals surface area contributed by atoms with Gasteiger partial charge in [0.15, 0.2) is 0 Å². The van der Waals surface area contributed by atoms with Crippen LogP contribution in [-0.4, -0.2) is 0 Å². The third-order valence-corrected chi connectivity index (χ3v) is 8.70. The van der Waals surface area contributed by atoms with Crippen molar-refractivity contribution in [2.24, 2.45) is 0 Å². The van der Waals surface area contributed by atoms with Crippen LogP contribution in [0.2, 0.25) is 0 Å². The van der Waals surface area contributed by atoms with Gasteiger partial charge in [-0.1, -0.05) is 163 Å². The van der Waals surface area contributed by atoms with E-state index in [9.17, 15) is 8.22 Å². The molecule has 10 rings (SSSR count). The Morgan fingerprint density at radius 1 is 0.367 bits per heavy atom. The van der Waals surface area contributed by atoms with Crippen LogP contribution < -0.4 is 0 Å². The van der Waals surface area contributed by atoms with Gasteiger partial charge in [0.05, 0.1) is 26.0 Å². The van der Waals surface area contributed by atoms with E-state index in [0.29, 0.717) is 16.7 Å². The molecule has 0 aliphatic heterocycles. The maximum absolute atomic E-state index is 9.83. The zero-order valence-electron chi connectivity index (χ0n) is 44.3. The fourth-order valence-corrected chi connectivity index (χ4v) is 6.59. The summed E-state index contributed by atoms with van der Waals surface area (Å²) in [4.78, 5) is 0. The molecule has 1 heteroatoms. The van der Waals surface area contributed by atoms with E-state index in [1.54, 1.807) is 24.3 Å². The Labute approximate surface area is 311 Å². The normalized spacial score (nSPS) is 17.1. The van der Waals surface area contributed by atoms with Crippen molar-refractivity contribution in [3.63, 3.8) is 0 Å². The smallest absolute Gasteiger partial charge is 0.136 e. The molecule has 0 aliphatic rings. The second kappa shape index (κ2) is 11.1. The highest BCUT2D eigenvalue weighted by molar-refractivity contribution is 6.21. The first-order chi connectivity index (χ1) is 32.2. The molecule has 0 N–H and O–H groups in total. The maximum atomic E-state index is 9.83. The van der Waals surface area contributed by atoms with Crippen molar-refractivity contribution < 1.29 is 30.5 Å². The van der Waals surface area contributed by atoms with Crippen molar-refractivity contribution in [2.45, 2.75) is 0 Å². The topological polar surface area (TPSA) is 13.1 Å². The largest absolute Gasteiger partial charge is 0.456 e. The number of fused-ring (bicyclic) bond motifs is 6. The first-order valence-electron chi connectivity index (χ1n) is 24.8. The SMILES string of the molecule is [2H]c1c([2H])c(-c2c([2H])c([2H])c([2H])c3c([2H])c([2H])c([2H])c([2H])c23)c([2H])c(-c2c3c([2H])c([2H])c([2H])c([2H])c3c(-c3ccc(-c4cccc5oc6ccccc6c45)cc3)c3c([2H])c([2H])c([2H])c([2H])c23)c1[2H]. The van der Waals surface area contributed by atoms with E-state index in [1.165, 1.54) is 0 Å². The van der Waals surface area contributed by atoms with Gasteiger partial charge in [-0.3, -0.25) is 0 Å². The molecule has 0 aliphatic carbocycles. The summed E-state index contributed by atoms with van der Waals surface area (Å²) < 4.78 is 177. The molecule has 1 nitrogen and oxygen atoms in total. The summed E-state index contributed by atoms with van der Waals surface area (Å²) in [7, 11) is 0. The minimum absolute atomic E-state index is 0.0434. The van der Waals surface area contributed by atoms with Crippen LogP contribution in [0.1, 0.15) is 26.0 Å². The molecule has 0 atom stereocenters. The van der Waals surface area contributed by atoms with Gasteiger partial charge >= 0.3 is 0 Å². The lowest BCUT2D eigenvalue weighted by molar-refractivity contribution is 0.669. The Kier molecular flexibility index (Phi) is 3.34. The van der Waals surface area contributed by atoms with Crippen LogP contribution in [0, 0.1) is 0 Å². The third kappa shape index (κ3) is 4.40. The van der Waals surface area contributed by atoms with Crippen LogP contribution >= 0.6 is 0 Å². The highest BCUT2D eigenvalue weighted by Crippen LogP contribution is 2.45. The van der Waals surface area contributed by atoms with Crippen LogP contribution in [0.15, 0.2) is 186 Å². The summed E-state index contributed by atoms with van der Waals surface area (Å²) in [6, 6.07) is 5.00. The van der Waals surface area contributed by atoms with Crippen molar-refractivity contribution >= 4 is 54.3 Å². The molecule has 0 saturated heterocycles. The van der Waals surface area contributed by atoms with Crippen LogP contribution in [-0.2, 0) is 0 Å². The Hall–Kier alpha value is -6.44. The summed E-state index contributed by atoms with van der Waals surface area (Å²) in [5, 5.41) is -0.695. The second-order valence-corrected chi connectivity index (χ2v) is 11.4. The van der Waals surface area contributed by atoms with E-state index < -0.39 is 159 Å². The molecule has 1 aromatic heterocycles. The summed E-state index contributed by atoms with van der Waals surface area (Å²) in [5.41, 5.74) is 0.556. The minimum atomic E-state index is -0.927. The lowest BCUT2D eigenvalue weighted by atomic mass is 9.85. The number of hydrogen-bond acceptors (Lipinski definition) is 1. The average Bonchev–Trinajstić information content (AvgIpc) is 3.72. The van der Waals surface area contributed by atoms with Crippen molar-refractivity contribution in [1.29, 1.82) is 0 Å². The van der Waals surface area contributed by atoms with Crippen molar-refractivity contribution in [3.8, 4) is 44.5 Å². The highest BCUT2D eigenvalue weighted by Gasteiger charge is 2.18. The van der Waals surface area contributed by atoms with Crippen molar-refractivity contribution in [1.82, 2.24) is 0 Å². The maximum Gasteiger partial charge on any atom is 0.136 e. The van der Waals surface area contributed by atoms with Crippen LogP contribution in [0.4, 0.5) is 0 Å². The molecule has 10 aromatic rings. The number of para-hydroxylation sites is 1. The van der Waals surface area contributed by atoms with Gasteiger partial charge in [-0.15, -0.1) is 0 Å². The van der Waals surface area contributed by atoms with E-state index in [0.717, 1.165) is 16.3 Å². The van der Waals surface area contributed by atoms with E-state index in [4.69, 9.17) is 22.2 Å². The fraction of sp³-hybridized carbons (Fsp3) is 0. The quantitative estimate of drug-likeness (QED) is 0.174. The van der Waals surface area contributed by atoms with Crippen LogP contribution in [0.25, 0.3) is 98.8 Å². The van der Waals surface area contributed by atoms with Crippen molar-refractivity contribution in [3.05, 3.63) is 182 Å². The van der Waals surface area contributed by atoms with Gasteiger partial charge in [-0.05, 0) is 95.0 Å². The Morgan fingerprint density at radius 2 is 0.939 bits per heavy atom. The van der Waals surface area contributed by atoms with E-state index in [-0.39, 0.29) is 21.9 Å². The predicted octanol–water partition coefficient (Wildman–Crippen LogP) is 13.7. The predicted molar refractivity (Wildman–Crippen MR) is 208 cm³/mol. The Bertz CT molecular complexity index is 3860. The standard InChI is InChI=1S/C48H30O/c1-2-16-36-31(12-1)13-10-22-37(36)34-14-9-15-35(30-34)47-41-19-5-3-17-39(41)46(40-18-4-6-20-42(40)47)33-28-26-32(27-29-33)38-23-11-25-45-48(38)43-21-7-8-24-44(43)49-45/h1-30H/i1D,2D,3D,4D,5D,6D,9D,10D,12D,13D,14D,15D,16D,17D,18D,19D,20D,22D,30D. The van der Waals surface area contributed by atoms with E-state index in [1.807, 2.05) is 42.5 Å². The molecule has 0 bridgehead atoms. The average molecular weight is 642 g/mol. The molecule has 0 saturated carbocycles. The molecular formula is C48H30O. The molecular weight excluding hydrogens is 593 g/mol. The van der Waals surface area contributed by atoms with E-state index >= 15 is 0 Å². The van der Waals surface area contributed by atoms with Crippen LogP contribution in [0.3, 0.4) is 0 Å². The van der Waals surface area contributed by atoms with Gasteiger partial charge in [-0.25, -0.2) is 0 Å². The molecule has 228 valence electrons. The molecule has 9 aromatic carbocycles. The summed E-state index contributed by atoms with van der Waals surface area (Å²) in [5.74, 6) is 0. The highest BCUT2D eigenvalue weighted by atomic mass is 16.3. The Balaban J connectivity index is 1.38. The number of furan rings is 1. The van der Waals surface area contributed by atoms with Gasteiger partial charge in [0.1, 0.15) is 11.2 Å². The minimum Gasteiger partial charge on any atom is -0.456 e. The number of hydrogen-bond donors (Lipinski definition) is 0. The van der Waals surface area contributed by atoms with E-state index in [2.05, 4.69) is 0 Å². The Morgan fingerprint density at radius 3 is 1.69 bits per heavy atom. The zero-order chi connectivity index (χ0) is 48.8. The van der Waals surface area contributed by atoms with Gasteiger partial charge in [0.25, 0.3) is 0 Å². The lowest BCUT2D eigenvalue weighted by Gasteiger charge is -2.18. The first-order valence-corrected chi connectivity index (χ1v) is 15.3. The second-order valence-electron chi connectivity index (χ2n) is 11.4. The van der Waals surface area contributed by atoms with Gasteiger partial charge in [0, 0.05) is 10.8 Å². The fourth-order valence-electron chi connectivity index (χ4n) is 6.59. The molecule has 1 heterocycles.